The van der Waals surface area contributed by atoms with Gasteiger partial charge in [0.05, 0.1) is 0 Å². The van der Waals surface area contributed by atoms with Gasteiger partial charge in [0.15, 0.2) is 0 Å². The van der Waals surface area contributed by atoms with Gasteiger partial charge in [-0.2, -0.15) is 0 Å². The van der Waals surface area contributed by atoms with E-state index in [1.54, 1.807) is 0 Å². The average molecular weight is 267 g/mol. The highest BCUT2D eigenvalue weighted by atomic mass is 16.5. The van der Waals surface area contributed by atoms with Gasteiger partial charge in [-0.05, 0) is 56.5 Å². The predicted octanol–water partition coefficient (Wildman–Crippen LogP) is 4.25. The number of hydrogen-bond donors (Lipinski definition) is 1. The molecule has 2 N–H and O–H groups in total. The highest BCUT2D eigenvalue weighted by molar-refractivity contribution is 5.42. The Morgan fingerprint density at radius 1 is 0.950 bits per heavy atom. The van der Waals surface area contributed by atoms with Gasteiger partial charge in [0.1, 0.15) is 11.5 Å². The molecule has 0 spiro atoms. The van der Waals surface area contributed by atoms with Gasteiger partial charge < -0.3 is 10.5 Å². The van der Waals surface area contributed by atoms with E-state index in [-0.39, 0.29) is 11.0 Å². The molecular formula is C18H21NO. The zero-order chi connectivity index (χ0) is 14.2. The maximum Gasteiger partial charge on any atom is 0.127 e. The highest BCUT2D eigenvalue weighted by Crippen LogP contribution is 2.55. The van der Waals surface area contributed by atoms with Gasteiger partial charge in [0.25, 0.3) is 0 Å². The van der Waals surface area contributed by atoms with Gasteiger partial charge in [-0.15, -0.1) is 0 Å². The van der Waals surface area contributed by atoms with E-state index in [9.17, 15) is 0 Å². The van der Waals surface area contributed by atoms with Gasteiger partial charge in [0.2, 0.25) is 0 Å². The Hall–Kier alpha value is -1.80. The molecule has 3 rings (SSSR count). The molecule has 0 bridgehead atoms. The third kappa shape index (κ3) is 2.32. The van der Waals surface area contributed by atoms with Crippen molar-refractivity contribution in [1.29, 1.82) is 0 Å². The molecule has 1 aliphatic carbocycles. The Morgan fingerprint density at radius 3 is 2.20 bits per heavy atom. The van der Waals surface area contributed by atoms with Crippen molar-refractivity contribution in [1.82, 2.24) is 0 Å². The van der Waals surface area contributed by atoms with Crippen LogP contribution in [0.15, 0.2) is 54.6 Å². The van der Waals surface area contributed by atoms with Crippen LogP contribution in [0.25, 0.3) is 0 Å². The first-order valence-corrected chi connectivity index (χ1v) is 7.14. The van der Waals surface area contributed by atoms with Crippen molar-refractivity contribution in [3.05, 3.63) is 60.2 Å². The van der Waals surface area contributed by atoms with Gasteiger partial charge in [-0.25, -0.2) is 0 Å². The summed E-state index contributed by atoms with van der Waals surface area (Å²) in [5.41, 5.74) is 7.58. The highest BCUT2D eigenvalue weighted by Gasteiger charge is 2.53. The summed E-state index contributed by atoms with van der Waals surface area (Å²) >= 11 is 0. The normalized spacial score (nSPS) is 16.8. The topological polar surface area (TPSA) is 35.2 Å². The summed E-state index contributed by atoms with van der Waals surface area (Å²) in [6, 6.07) is 18.2. The third-order valence-corrected chi connectivity index (χ3v) is 4.35. The van der Waals surface area contributed by atoms with Gasteiger partial charge >= 0.3 is 0 Å². The van der Waals surface area contributed by atoms with E-state index >= 15 is 0 Å². The minimum absolute atomic E-state index is 0.114. The number of para-hydroxylation sites is 1. The molecule has 2 aromatic carbocycles. The number of benzene rings is 2. The molecule has 20 heavy (non-hydrogen) atoms. The molecule has 0 heterocycles. The molecule has 0 radical (unpaired) electrons. The van der Waals surface area contributed by atoms with Crippen molar-refractivity contribution < 1.29 is 4.74 Å². The fourth-order valence-corrected chi connectivity index (χ4v) is 2.91. The van der Waals surface area contributed by atoms with Crippen molar-refractivity contribution in [3.8, 4) is 11.5 Å². The summed E-state index contributed by atoms with van der Waals surface area (Å²) in [6.45, 7) is 4.23. The van der Waals surface area contributed by atoms with Crippen LogP contribution in [0, 0.1) is 0 Å². The molecule has 0 amide bonds. The summed E-state index contributed by atoms with van der Waals surface area (Å²) < 4.78 is 5.91. The third-order valence-electron chi connectivity index (χ3n) is 4.35. The lowest BCUT2D eigenvalue weighted by Crippen LogP contribution is -2.45. The lowest BCUT2D eigenvalue weighted by Gasteiger charge is -2.31. The second-order valence-electron chi connectivity index (χ2n) is 6.25. The van der Waals surface area contributed by atoms with Gasteiger partial charge in [-0.3, -0.25) is 0 Å². The van der Waals surface area contributed by atoms with E-state index < -0.39 is 0 Å². The van der Waals surface area contributed by atoms with Crippen LogP contribution >= 0.6 is 0 Å². The summed E-state index contributed by atoms with van der Waals surface area (Å²) in [4.78, 5) is 0. The Bertz CT molecular complexity index is 594. The quantitative estimate of drug-likeness (QED) is 0.899. The Morgan fingerprint density at radius 2 is 1.60 bits per heavy atom. The summed E-state index contributed by atoms with van der Waals surface area (Å²) in [7, 11) is 0. The van der Waals surface area contributed by atoms with Crippen LogP contribution in [0.2, 0.25) is 0 Å². The first-order valence-electron chi connectivity index (χ1n) is 7.14. The molecule has 2 aromatic rings. The van der Waals surface area contributed by atoms with Crippen molar-refractivity contribution >= 4 is 0 Å². The first-order chi connectivity index (χ1) is 9.51. The number of rotatable bonds is 4. The monoisotopic (exact) mass is 267 g/mol. The van der Waals surface area contributed by atoms with E-state index in [0.717, 1.165) is 24.3 Å². The molecule has 1 saturated carbocycles. The fraction of sp³-hybridized carbons (Fsp3) is 0.333. The second-order valence-corrected chi connectivity index (χ2v) is 6.25. The molecule has 0 aromatic heterocycles. The molecule has 104 valence electrons. The summed E-state index contributed by atoms with van der Waals surface area (Å²) in [5.74, 6) is 1.74. The van der Waals surface area contributed by atoms with Crippen molar-refractivity contribution in [2.24, 2.45) is 5.73 Å². The maximum absolute atomic E-state index is 6.37. The molecule has 2 heteroatoms. The second kappa shape index (κ2) is 4.64. The lowest BCUT2D eigenvalue weighted by atomic mass is 9.79. The summed E-state index contributed by atoms with van der Waals surface area (Å²) in [6.07, 6.45) is 2.32. The van der Waals surface area contributed by atoms with Crippen LogP contribution in [-0.2, 0) is 5.41 Å². The SMILES string of the molecule is CC(C)(N)C1(c2cccc(Oc3ccccc3)c2)CC1. The Balaban J connectivity index is 1.88. The van der Waals surface area contributed by atoms with Crippen LogP contribution in [0.4, 0.5) is 0 Å². The minimum Gasteiger partial charge on any atom is -0.457 e. The maximum atomic E-state index is 6.37. The van der Waals surface area contributed by atoms with Crippen LogP contribution in [0.3, 0.4) is 0 Å². The zero-order valence-corrected chi connectivity index (χ0v) is 12.1. The Labute approximate surface area is 120 Å². The van der Waals surface area contributed by atoms with Crippen LogP contribution in [0.1, 0.15) is 32.3 Å². The molecule has 0 unspecified atom stereocenters. The number of nitrogens with two attached hydrogens (primary N) is 1. The number of ether oxygens (including phenoxy) is 1. The molecule has 0 saturated heterocycles. The van der Waals surface area contributed by atoms with Crippen molar-refractivity contribution in [3.63, 3.8) is 0 Å². The van der Waals surface area contributed by atoms with Crippen LogP contribution in [0.5, 0.6) is 11.5 Å². The first kappa shape index (κ1) is 13.2. The molecule has 1 aliphatic rings. The lowest BCUT2D eigenvalue weighted by molar-refractivity contribution is 0.389. The minimum atomic E-state index is -0.196. The number of hydrogen-bond acceptors (Lipinski definition) is 2. The smallest absolute Gasteiger partial charge is 0.127 e. The molecule has 0 atom stereocenters. The van der Waals surface area contributed by atoms with Crippen LogP contribution < -0.4 is 10.5 Å². The molecule has 2 nitrogen and oxygen atoms in total. The zero-order valence-electron chi connectivity index (χ0n) is 12.1. The summed E-state index contributed by atoms with van der Waals surface area (Å²) in [5, 5.41) is 0. The van der Waals surface area contributed by atoms with E-state index in [2.05, 4.69) is 32.0 Å². The average Bonchev–Trinajstić information content (AvgIpc) is 3.21. The standard InChI is InChI=1S/C18H21NO/c1-17(2,19)18(11-12-18)14-7-6-10-16(13-14)20-15-8-4-3-5-9-15/h3-10,13H,11-12,19H2,1-2H3. The van der Waals surface area contributed by atoms with E-state index in [4.69, 9.17) is 10.5 Å². The van der Waals surface area contributed by atoms with E-state index in [1.807, 2.05) is 36.4 Å². The predicted molar refractivity (Wildman–Crippen MR) is 82.1 cm³/mol. The largest absolute Gasteiger partial charge is 0.457 e. The van der Waals surface area contributed by atoms with Gasteiger partial charge in [0, 0.05) is 11.0 Å². The fourth-order valence-electron chi connectivity index (χ4n) is 2.91. The van der Waals surface area contributed by atoms with Gasteiger partial charge in [-0.1, -0.05) is 30.3 Å². The Kier molecular flexibility index (Phi) is 3.06. The molecule has 0 aliphatic heterocycles. The van der Waals surface area contributed by atoms with Crippen molar-refractivity contribution in [2.45, 2.75) is 37.6 Å². The molecule has 1 fully saturated rings. The van der Waals surface area contributed by atoms with E-state index in [1.165, 1.54) is 5.56 Å². The van der Waals surface area contributed by atoms with Crippen LogP contribution in [-0.4, -0.2) is 5.54 Å². The molecular weight excluding hydrogens is 246 g/mol. The van der Waals surface area contributed by atoms with Crippen molar-refractivity contribution in [2.75, 3.05) is 0 Å². The van der Waals surface area contributed by atoms with E-state index in [0.29, 0.717) is 0 Å².